The van der Waals surface area contributed by atoms with E-state index in [1.54, 1.807) is 0 Å². The van der Waals surface area contributed by atoms with E-state index >= 15 is 0 Å². The molecule has 1 aromatic rings. The number of aliphatic imine (C=N–C) groups is 1. The molecule has 20 heavy (non-hydrogen) atoms. The van der Waals surface area contributed by atoms with Crippen LogP contribution < -0.4 is 20.5 Å². The van der Waals surface area contributed by atoms with E-state index in [1.165, 1.54) is 12.8 Å². The van der Waals surface area contributed by atoms with Crippen molar-refractivity contribution in [3.63, 3.8) is 0 Å². The maximum Gasteiger partial charge on any atom is 0.188 e. The van der Waals surface area contributed by atoms with Gasteiger partial charge in [0.25, 0.3) is 0 Å². The number of halogens is 1. The number of fused-ring (bicyclic) bond motifs is 1. The molecule has 1 aromatic carbocycles. The van der Waals surface area contributed by atoms with Crippen molar-refractivity contribution in [3.8, 4) is 11.5 Å². The molecule has 3 rings (SSSR count). The van der Waals surface area contributed by atoms with E-state index in [0.29, 0.717) is 48.3 Å². The Balaban J connectivity index is 1.61. The van der Waals surface area contributed by atoms with Crippen LogP contribution in [0.1, 0.15) is 18.4 Å². The van der Waals surface area contributed by atoms with Crippen LogP contribution in [0.2, 0.25) is 5.02 Å². The Morgan fingerprint density at radius 2 is 2.15 bits per heavy atom. The molecule has 0 unspecified atom stereocenters. The second kappa shape index (κ2) is 5.79. The number of benzene rings is 1. The van der Waals surface area contributed by atoms with Crippen molar-refractivity contribution in [1.29, 1.82) is 0 Å². The summed E-state index contributed by atoms with van der Waals surface area (Å²) < 4.78 is 11.0. The van der Waals surface area contributed by atoms with E-state index in [2.05, 4.69) is 10.3 Å². The van der Waals surface area contributed by atoms with Crippen molar-refractivity contribution in [2.75, 3.05) is 19.8 Å². The SMILES string of the molecule is NC(=NCCc1cc(Cl)c2c(c1)OCCO2)NC1CC1. The van der Waals surface area contributed by atoms with Gasteiger partial charge in [-0.25, -0.2) is 0 Å². The van der Waals surface area contributed by atoms with Gasteiger partial charge in [-0.1, -0.05) is 11.6 Å². The molecule has 0 spiro atoms. The quantitative estimate of drug-likeness (QED) is 0.655. The van der Waals surface area contributed by atoms with Gasteiger partial charge in [-0.3, -0.25) is 4.99 Å². The average molecular weight is 296 g/mol. The molecule has 0 atom stereocenters. The van der Waals surface area contributed by atoms with Crippen LogP contribution in [0.4, 0.5) is 0 Å². The van der Waals surface area contributed by atoms with Gasteiger partial charge in [0.2, 0.25) is 0 Å². The van der Waals surface area contributed by atoms with Crippen LogP contribution >= 0.6 is 11.6 Å². The second-order valence-corrected chi connectivity index (χ2v) is 5.44. The third-order valence-electron chi connectivity index (χ3n) is 3.27. The Labute approximate surface area is 123 Å². The van der Waals surface area contributed by atoms with Gasteiger partial charge in [0, 0.05) is 12.6 Å². The van der Waals surface area contributed by atoms with E-state index < -0.39 is 0 Å². The van der Waals surface area contributed by atoms with E-state index in [4.69, 9.17) is 26.8 Å². The molecule has 0 radical (unpaired) electrons. The molecule has 0 amide bonds. The standard InChI is InChI=1S/C14H18ClN3O2/c15-11-7-9(8-12-13(11)20-6-5-19-12)3-4-17-14(16)18-10-1-2-10/h7-8,10H,1-6H2,(H3,16,17,18). The third kappa shape index (κ3) is 3.28. The molecular formula is C14H18ClN3O2. The minimum absolute atomic E-state index is 0.524. The third-order valence-corrected chi connectivity index (χ3v) is 3.55. The fraction of sp³-hybridized carbons (Fsp3) is 0.500. The predicted molar refractivity (Wildman–Crippen MR) is 78.8 cm³/mol. The number of guanidine groups is 1. The highest BCUT2D eigenvalue weighted by molar-refractivity contribution is 6.32. The van der Waals surface area contributed by atoms with Crippen LogP contribution in [0.5, 0.6) is 11.5 Å². The Morgan fingerprint density at radius 1 is 1.35 bits per heavy atom. The van der Waals surface area contributed by atoms with Crippen LogP contribution in [0.25, 0.3) is 0 Å². The van der Waals surface area contributed by atoms with Crippen molar-refractivity contribution in [1.82, 2.24) is 5.32 Å². The highest BCUT2D eigenvalue weighted by Gasteiger charge is 2.21. The lowest BCUT2D eigenvalue weighted by molar-refractivity contribution is 0.171. The van der Waals surface area contributed by atoms with Crippen molar-refractivity contribution in [2.24, 2.45) is 10.7 Å². The molecular weight excluding hydrogens is 278 g/mol. The van der Waals surface area contributed by atoms with Gasteiger partial charge >= 0.3 is 0 Å². The molecule has 3 N–H and O–H groups in total. The molecule has 5 nitrogen and oxygen atoms in total. The number of nitrogens with one attached hydrogen (secondary N) is 1. The molecule has 1 aliphatic carbocycles. The van der Waals surface area contributed by atoms with E-state index in [1.807, 2.05) is 12.1 Å². The van der Waals surface area contributed by atoms with Gasteiger partial charge in [-0.15, -0.1) is 0 Å². The molecule has 1 aliphatic heterocycles. The molecule has 1 heterocycles. The van der Waals surface area contributed by atoms with Crippen molar-refractivity contribution >= 4 is 17.6 Å². The van der Waals surface area contributed by atoms with E-state index in [0.717, 1.165) is 12.0 Å². The van der Waals surface area contributed by atoms with Crippen molar-refractivity contribution in [2.45, 2.75) is 25.3 Å². The van der Waals surface area contributed by atoms with Crippen LogP contribution in [0.15, 0.2) is 17.1 Å². The van der Waals surface area contributed by atoms with E-state index in [-0.39, 0.29) is 0 Å². The lowest BCUT2D eigenvalue weighted by Crippen LogP contribution is -2.33. The van der Waals surface area contributed by atoms with Gasteiger partial charge in [-0.05, 0) is 37.0 Å². The number of nitrogens with two attached hydrogens (primary N) is 1. The normalized spacial score (nSPS) is 17.9. The molecule has 108 valence electrons. The number of nitrogens with zero attached hydrogens (tertiary/aromatic N) is 1. The summed E-state index contributed by atoms with van der Waals surface area (Å²) in [5, 5.41) is 3.75. The largest absolute Gasteiger partial charge is 0.486 e. The Hall–Kier alpha value is -1.62. The number of rotatable bonds is 4. The van der Waals surface area contributed by atoms with Gasteiger partial charge in [0.1, 0.15) is 13.2 Å². The summed E-state index contributed by atoms with van der Waals surface area (Å²) in [7, 11) is 0. The first-order valence-corrected chi connectivity index (χ1v) is 7.24. The molecule has 6 heteroatoms. The Bertz CT molecular complexity index is 529. The van der Waals surface area contributed by atoms with Crippen molar-refractivity contribution in [3.05, 3.63) is 22.7 Å². The summed E-state index contributed by atoms with van der Waals surface area (Å²) in [6.07, 6.45) is 3.14. The lowest BCUT2D eigenvalue weighted by atomic mass is 10.1. The summed E-state index contributed by atoms with van der Waals surface area (Å²) in [4.78, 5) is 4.31. The van der Waals surface area contributed by atoms with Crippen LogP contribution in [0, 0.1) is 0 Å². The summed E-state index contributed by atoms with van der Waals surface area (Å²) >= 11 is 6.19. The smallest absolute Gasteiger partial charge is 0.188 e. The van der Waals surface area contributed by atoms with Crippen LogP contribution in [-0.4, -0.2) is 31.8 Å². The van der Waals surface area contributed by atoms with Crippen molar-refractivity contribution < 1.29 is 9.47 Å². The fourth-order valence-electron chi connectivity index (χ4n) is 2.10. The fourth-order valence-corrected chi connectivity index (χ4v) is 2.38. The minimum atomic E-state index is 0.524. The highest BCUT2D eigenvalue weighted by atomic mass is 35.5. The predicted octanol–water partition coefficient (Wildman–Crippen LogP) is 1.72. The zero-order valence-corrected chi connectivity index (χ0v) is 11.9. The second-order valence-electron chi connectivity index (χ2n) is 5.04. The highest BCUT2D eigenvalue weighted by Crippen LogP contribution is 2.38. The lowest BCUT2D eigenvalue weighted by Gasteiger charge is -2.20. The summed E-state index contributed by atoms with van der Waals surface area (Å²) in [6.45, 7) is 1.73. The minimum Gasteiger partial charge on any atom is -0.486 e. The van der Waals surface area contributed by atoms with Gasteiger partial charge in [0.15, 0.2) is 17.5 Å². The molecule has 1 saturated carbocycles. The zero-order valence-electron chi connectivity index (χ0n) is 11.2. The van der Waals surface area contributed by atoms with Crippen LogP contribution in [0.3, 0.4) is 0 Å². The first-order chi connectivity index (χ1) is 9.72. The summed E-state index contributed by atoms with van der Waals surface area (Å²) in [6, 6.07) is 4.39. The first kappa shape index (κ1) is 13.4. The monoisotopic (exact) mass is 295 g/mol. The summed E-state index contributed by atoms with van der Waals surface area (Å²) in [5.74, 6) is 1.88. The average Bonchev–Trinajstić information content (AvgIpc) is 3.23. The summed E-state index contributed by atoms with van der Waals surface area (Å²) in [5.41, 5.74) is 6.86. The molecule has 0 bridgehead atoms. The zero-order chi connectivity index (χ0) is 13.9. The maximum atomic E-state index is 6.19. The Morgan fingerprint density at radius 3 is 2.95 bits per heavy atom. The van der Waals surface area contributed by atoms with E-state index in [9.17, 15) is 0 Å². The van der Waals surface area contributed by atoms with Crippen LogP contribution in [-0.2, 0) is 6.42 Å². The van der Waals surface area contributed by atoms with Gasteiger partial charge < -0.3 is 20.5 Å². The molecule has 0 saturated heterocycles. The number of ether oxygens (including phenoxy) is 2. The number of hydrogen-bond donors (Lipinski definition) is 2. The van der Waals surface area contributed by atoms with Gasteiger partial charge in [-0.2, -0.15) is 0 Å². The van der Waals surface area contributed by atoms with Gasteiger partial charge in [0.05, 0.1) is 5.02 Å². The topological polar surface area (TPSA) is 68.9 Å². The molecule has 1 fully saturated rings. The Kier molecular flexibility index (Phi) is 3.87. The molecule has 0 aromatic heterocycles. The molecule has 2 aliphatic rings. The first-order valence-electron chi connectivity index (χ1n) is 6.87. The maximum absolute atomic E-state index is 6.19. The number of hydrogen-bond acceptors (Lipinski definition) is 3.